The Kier molecular flexibility index (Phi) is 1.73. The highest BCUT2D eigenvalue weighted by molar-refractivity contribution is 5.74. The number of benzene rings is 1. The minimum Gasteiger partial charge on any atom is -0.316 e. The maximum absolute atomic E-state index is 12.8. The lowest BCUT2D eigenvalue weighted by atomic mass is 10.3. The molecule has 1 aromatic carbocycles. The van der Waals surface area contributed by atoms with Gasteiger partial charge in [-0.1, -0.05) is 0 Å². The molecule has 14 heavy (non-hydrogen) atoms. The van der Waals surface area contributed by atoms with Crippen LogP contribution >= 0.6 is 0 Å². The third-order valence-electron chi connectivity index (χ3n) is 2.07. The summed E-state index contributed by atoms with van der Waals surface area (Å²) < 4.78 is 14.0. The summed E-state index contributed by atoms with van der Waals surface area (Å²) in [5, 5.41) is 0. The molecule has 1 N–H and O–H groups in total. The van der Waals surface area contributed by atoms with Gasteiger partial charge in [0, 0.05) is 7.05 Å². The molecule has 1 heterocycles. The van der Waals surface area contributed by atoms with Crippen molar-refractivity contribution >= 4 is 11.0 Å². The molecule has 5 heteroatoms. The third-order valence-corrected chi connectivity index (χ3v) is 2.07. The number of H-pyrrole nitrogens is 1. The number of aromatic amines is 1. The van der Waals surface area contributed by atoms with Crippen molar-refractivity contribution in [2.75, 3.05) is 0 Å². The lowest BCUT2D eigenvalue weighted by Crippen LogP contribution is -2.34. The molecule has 0 saturated carbocycles. The quantitative estimate of drug-likeness (QED) is 0.616. The summed E-state index contributed by atoms with van der Waals surface area (Å²) in [7, 11) is 1.47. The van der Waals surface area contributed by atoms with Gasteiger partial charge in [-0.05, 0) is 18.2 Å². The number of fused-ring (bicyclic) bond motifs is 1. The first-order valence-electron chi connectivity index (χ1n) is 3.98. The molecule has 0 aliphatic heterocycles. The van der Waals surface area contributed by atoms with Crippen LogP contribution in [0.3, 0.4) is 0 Å². The van der Waals surface area contributed by atoms with E-state index in [0.717, 1.165) is 0 Å². The highest BCUT2D eigenvalue weighted by Gasteiger charge is 2.03. The van der Waals surface area contributed by atoms with Gasteiger partial charge in [-0.25, -0.2) is 4.39 Å². The van der Waals surface area contributed by atoms with Crippen LogP contribution in [0.1, 0.15) is 0 Å². The van der Waals surface area contributed by atoms with E-state index in [1.165, 1.54) is 29.8 Å². The van der Waals surface area contributed by atoms with E-state index in [-0.39, 0.29) is 0 Å². The predicted molar refractivity (Wildman–Crippen MR) is 49.8 cm³/mol. The summed E-state index contributed by atoms with van der Waals surface area (Å²) in [6, 6.07) is 3.86. The SMILES string of the molecule is Cn1c(=O)c(=O)[nH]c2cc(F)ccc21. The molecule has 0 spiro atoms. The van der Waals surface area contributed by atoms with Gasteiger partial charge in [0.05, 0.1) is 11.0 Å². The zero-order chi connectivity index (χ0) is 10.3. The van der Waals surface area contributed by atoms with E-state index < -0.39 is 16.9 Å². The fourth-order valence-corrected chi connectivity index (χ4v) is 1.34. The number of nitrogens with one attached hydrogen (secondary N) is 1. The van der Waals surface area contributed by atoms with E-state index in [1.807, 2.05) is 0 Å². The van der Waals surface area contributed by atoms with Crippen molar-refractivity contribution in [2.24, 2.45) is 7.05 Å². The fourth-order valence-electron chi connectivity index (χ4n) is 1.34. The second-order valence-corrected chi connectivity index (χ2v) is 2.98. The molecule has 0 radical (unpaired) electrons. The van der Waals surface area contributed by atoms with Gasteiger partial charge in [0.25, 0.3) is 0 Å². The largest absolute Gasteiger partial charge is 0.316 e. The molecule has 0 fully saturated rings. The van der Waals surface area contributed by atoms with Crippen LogP contribution in [-0.2, 0) is 7.05 Å². The molecule has 0 unspecified atom stereocenters. The first-order valence-corrected chi connectivity index (χ1v) is 3.98. The van der Waals surface area contributed by atoms with E-state index in [4.69, 9.17) is 0 Å². The summed E-state index contributed by atoms with van der Waals surface area (Å²) in [5.41, 5.74) is -0.581. The van der Waals surface area contributed by atoms with E-state index in [2.05, 4.69) is 4.98 Å². The van der Waals surface area contributed by atoms with Crippen molar-refractivity contribution < 1.29 is 4.39 Å². The molecule has 0 saturated heterocycles. The van der Waals surface area contributed by atoms with Crippen LogP contribution in [0, 0.1) is 5.82 Å². The number of hydrogen-bond donors (Lipinski definition) is 1. The van der Waals surface area contributed by atoms with Crippen LogP contribution in [0.4, 0.5) is 4.39 Å². The number of rotatable bonds is 0. The van der Waals surface area contributed by atoms with Crippen molar-refractivity contribution in [3.8, 4) is 0 Å². The molecule has 0 atom stereocenters. The van der Waals surface area contributed by atoms with Crippen LogP contribution in [0.2, 0.25) is 0 Å². The van der Waals surface area contributed by atoms with E-state index in [0.29, 0.717) is 11.0 Å². The van der Waals surface area contributed by atoms with Crippen LogP contribution in [-0.4, -0.2) is 9.55 Å². The second kappa shape index (κ2) is 2.80. The summed E-state index contributed by atoms with van der Waals surface area (Å²) >= 11 is 0. The first kappa shape index (κ1) is 8.68. The zero-order valence-corrected chi connectivity index (χ0v) is 7.37. The lowest BCUT2D eigenvalue weighted by Gasteiger charge is -2.02. The molecule has 72 valence electrons. The van der Waals surface area contributed by atoms with Gasteiger partial charge in [-0.15, -0.1) is 0 Å². The Balaban J connectivity index is 3.06. The number of halogens is 1. The summed E-state index contributed by atoms with van der Waals surface area (Å²) in [6.07, 6.45) is 0. The smallest absolute Gasteiger partial charge is 0.316 e. The Morgan fingerprint density at radius 2 is 2.07 bits per heavy atom. The van der Waals surface area contributed by atoms with Gasteiger partial charge in [0.2, 0.25) is 0 Å². The zero-order valence-electron chi connectivity index (χ0n) is 7.37. The van der Waals surface area contributed by atoms with Crippen molar-refractivity contribution in [2.45, 2.75) is 0 Å². The van der Waals surface area contributed by atoms with E-state index in [1.54, 1.807) is 0 Å². The van der Waals surface area contributed by atoms with Gasteiger partial charge < -0.3 is 9.55 Å². The predicted octanol–water partition coefficient (Wildman–Crippen LogP) is 0.366. The minimum atomic E-state index is -0.745. The second-order valence-electron chi connectivity index (χ2n) is 2.98. The molecule has 1 aromatic heterocycles. The Morgan fingerprint density at radius 1 is 1.36 bits per heavy atom. The van der Waals surface area contributed by atoms with Crippen LogP contribution in [0.25, 0.3) is 11.0 Å². The Bertz CT molecular complexity index is 612. The molecule has 0 amide bonds. The molecule has 4 nitrogen and oxygen atoms in total. The lowest BCUT2D eigenvalue weighted by molar-refractivity contribution is 0.628. The average Bonchev–Trinajstić information content (AvgIpc) is 2.14. The highest BCUT2D eigenvalue weighted by atomic mass is 19.1. The van der Waals surface area contributed by atoms with E-state index >= 15 is 0 Å². The van der Waals surface area contributed by atoms with Crippen LogP contribution in [0.15, 0.2) is 27.8 Å². The molecule has 2 aromatic rings. The summed E-state index contributed by atoms with van der Waals surface area (Å²) in [5.74, 6) is -0.452. The third kappa shape index (κ3) is 1.14. The van der Waals surface area contributed by atoms with Crippen molar-refractivity contribution in [3.05, 3.63) is 44.7 Å². The van der Waals surface area contributed by atoms with Gasteiger partial charge >= 0.3 is 11.1 Å². The van der Waals surface area contributed by atoms with Crippen LogP contribution in [0.5, 0.6) is 0 Å². The molecule has 0 bridgehead atoms. The normalized spacial score (nSPS) is 10.7. The molecule has 0 aliphatic rings. The molecular weight excluding hydrogens is 187 g/mol. The topological polar surface area (TPSA) is 54.9 Å². The van der Waals surface area contributed by atoms with Crippen molar-refractivity contribution in [3.63, 3.8) is 0 Å². The number of nitrogens with zero attached hydrogens (tertiary/aromatic N) is 1. The Morgan fingerprint density at radius 3 is 2.79 bits per heavy atom. The van der Waals surface area contributed by atoms with E-state index in [9.17, 15) is 14.0 Å². The maximum Gasteiger partial charge on any atom is 0.316 e. The van der Waals surface area contributed by atoms with Gasteiger partial charge in [0.1, 0.15) is 5.82 Å². The molecule has 2 rings (SSSR count). The summed E-state index contributed by atoms with van der Waals surface area (Å²) in [6.45, 7) is 0. The number of hydrogen-bond acceptors (Lipinski definition) is 2. The van der Waals surface area contributed by atoms with Gasteiger partial charge in [0.15, 0.2) is 0 Å². The van der Waals surface area contributed by atoms with Gasteiger partial charge in [-0.3, -0.25) is 9.59 Å². The van der Waals surface area contributed by atoms with Crippen LogP contribution < -0.4 is 11.1 Å². The fraction of sp³-hybridized carbons (Fsp3) is 0.111. The number of aromatic nitrogens is 2. The molecular formula is C9H7FN2O2. The van der Waals surface area contributed by atoms with Crippen molar-refractivity contribution in [1.29, 1.82) is 0 Å². The Labute approximate surface area is 77.6 Å². The van der Waals surface area contributed by atoms with Gasteiger partial charge in [-0.2, -0.15) is 0 Å². The number of aryl methyl sites for hydroxylation is 1. The highest BCUT2D eigenvalue weighted by Crippen LogP contribution is 2.08. The maximum atomic E-state index is 12.8. The monoisotopic (exact) mass is 194 g/mol. The summed E-state index contributed by atoms with van der Waals surface area (Å²) in [4.78, 5) is 24.6. The first-order chi connectivity index (χ1) is 6.59. The Hall–Kier alpha value is -1.91. The minimum absolute atomic E-state index is 0.317. The standard InChI is InChI=1S/C9H7FN2O2/c1-12-7-3-2-5(10)4-6(7)11-8(13)9(12)14/h2-4H,1H3,(H,11,13). The molecule has 0 aliphatic carbocycles. The average molecular weight is 194 g/mol. The van der Waals surface area contributed by atoms with Crippen molar-refractivity contribution in [1.82, 2.24) is 9.55 Å².